The van der Waals surface area contributed by atoms with E-state index in [0.29, 0.717) is 17.7 Å². The minimum atomic E-state index is -0.358. The van der Waals surface area contributed by atoms with Crippen LogP contribution in [0.25, 0.3) is 10.8 Å². The summed E-state index contributed by atoms with van der Waals surface area (Å²) in [5, 5.41) is 22.1. The first kappa shape index (κ1) is 16.8. The molecule has 4 nitrogen and oxygen atoms in total. The molecule has 0 saturated heterocycles. The zero-order valence-corrected chi connectivity index (χ0v) is 13.8. The fourth-order valence-corrected chi connectivity index (χ4v) is 3.06. The standard InChI is InChI=1S/C17H21NO3S/c1-11(2)3-4-12-5-7-14(18(20)21)16-13(9-10-19)6-8-15(22)17(12)16/h5-8,11,19,22H,3-4,9-10H2,1-2H3. The molecule has 0 spiro atoms. The van der Waals surface area contributed by atoms with Crippen LogP contribution >= 0.6 is 12.6 Å². The molecular weight excluding hydrogens is 298 g/mol. The van der Waals surface area contributed by atoms with Crippen molar-refractivity contribution in [3.63, 3.8) is 0 Å². The molecule has 2 aromatic carbocycles. The highest BCUT2D eigenvalue weighted by Crippen LogP contribution is 2.36. The zero-order chi connectivity index (χ0) is 16.3. The molecule has 0 radical (unpaired) electrons. The van der Waals surface area contributed by atoms with Crippen molar-refractivity contribution >= 4 is 29.1 Å². The fourth-order valence-electron chi connectivity index (χ4n) is 2.73. The van der Waals surface area contributed by atoms with E-state index in [1.165, 1.54) is 0 Å². The molecule has 2 rings (SSSR count). The zero-order valence-electron chi connectivity index (χ0n) is 12.9. The molecule has 1 N–H and O–H groups in total. The number of nitro benzene ring substituents is 1. The van der Waals surface area contributed by atoms with Crippen LogP contribution in [-0.2, 0) is 12.8 Å². The molecule has 118 valence electrons. The lowest BCUT2D eigenvalue weighted by Crippen LogP contribution is -2.00. The summed E-state index contributed by atoms with van der Waals surface area (Å²) < 4.78 is 0. The van der Waals surface area contributed by atoms with Gasteiger partial charge in [0.25, 0.3) is 5.69 Å². The Hall–Kier alpha value is -1.59. The van der Waals surface area contributed by atoms with E-state index in [9.17, 15) is 15.2 Å². The Morgan fingerprint density at radius 1 is 1.14 bits per heavy atom. The molecule has 0 atom stereocenters. The summed E-state index contributed by atoms with van der Waals surface area (Å²) >= 11 is 4.51. The largest absolute Gasteiger partial charge is 0.396 e. The number of nitrogens with zero attached hydrogens (tertiary/aromatic N) is 1. The third kappa shape index (κ3) is 3.42. The number of aliphatic hydroxyl groups is 1. The smallest absolute Gasteiger partial charge is 0.277 e. The summed E-state index contributed by atoms with van der Waals surface area (Å²) in [6.07, 6.45) is 2.28. The van der Waals surface area contributed by atoms with Gasteiger partial charge in [0.05, 0.1) is 10.3 Å². The van der Waals surface area contributed by atoms with Crippen molar-refractivity contribution in [2.75, 3.05) is 6.61 Å². The van der Waals surface area contributed by atoms with Crippen LogP contribution in [0.1, 0.15) is 31.4 Å². The van der Waals surface area contributed by atoms with Gasteiger partial charge >= 0.3 is 0 Å². The Morgan fingerprint density at radius 3 is 2.36 bits per heavy atom. The lowest BCUT2D eigenvalue weighted by Gasteiger charge is -2.13. The maximum atomic E-state index is 11.4. The van der Waals surface area contributed by atoms with Gasteiger partial charge in [-0.1, -0.05) is 26.0 Å². The van der Waals surface area contributed by atoms with Crippen molar-refractivity contribution in [3.05, 3.63) is 45.5 Å². The molecule has 0 aliphatic carbocycles. The number of fused-ring (bicyclic) bond motifs is 1. The Morgan fingerprint density at radius 2 is 1.77 bits per heavy atom. The van der Waals surface area contributed by atoms with Gasteiger partial charge in [0.2, 0.25) is 0 Å². The van der Waals surface area contributed by atoms with Gasteiger partial charge in [0.1, 0.15) is 0 Å². The van der Waals surface area contributed by atoms with Gasteiger partial charge < -0.3 is 5.11 Å². The summed E-state index contributed by atoms with van der Waals surface area (Å²) in [6, 6.07) is 7.09. The molecule has 22 heavy (non-hydrogen) atoms. The number of rotatable bonds is 6. The molecule has 0 amide bonds. The predicted octanol–water partition coefficient (Wildman–Crippen LogP) is 4.16. The van der Waals surface area contributed by atoms with Gasteiger partial charge in [-0.15, -0.1) is 12.6 Å². The number of benzene rings is 2. The highest BCUT2D eigenvalue weighted by Gasteiger charge is 2.19. The number of nitro groups is 1. The number of thiol groups is 1. The first-order valence-corrected chi connectivity index (χ1v) is 7.92. The summed E-state index contributed by atoms with van der Waals surface area (Å²) in [6.45, 7) is 4.28. The van der Waals surface area contributed by atoms with E-state index in [0.717, 1.165) is 34.3 Å². The van der Waals surface area contributed by atoms with Crippen molar-refractivity contribution < 1.29 is 10.0 Å². The summed E-state index contributed by atoms with van der Waals surface area (Å²) in [4.78, 5) is 11.8. The average molecular weight is 319 g/mol. The normalized spacial score (nSPS) is 11.3. The second-order valence-corrected chi connectivity index (χ2v) is 6.38. The predicted molar refractivity (Wildman–Crippen MR) is 91.8 cm³/mol. The van der Waals surface area contributed by atoms with Crippen LogP contribution in [0.5, 0.6) is 0 Å². The first-order valence-electron chi connectivity index (χ1n) is 7.47. The Labute approximate surface area is 135 Å². The number of non-ortho nitro benzene ring substituents is 1. The van der Waals surface area contributed by atoms with Crippen LogP contribution in [0, 0.1) is 16.0 Å². The molecule has 5 heteroatoms. The molecule has 2 aromatic rings. The van der Waals surface area contributed by atoms with Crippen molar-refractivity contribution in [3.8, 4) is 0 Å². The summed E-state index contributed by atoms with van der Waals surface area (Å²) in [5.41, 5.74) is 1.97. The van der Waals surface area contributed by atoms with E-state index in [4.69, 9.17) is 0 Å². The Bertz CT molecular complexity index is 698. The van der Waals surface area contributed by atoms with Crippen LogP contribution in [0.15, 0.2) is 29.2 Å². The van der Waals surface area contributed by atoms with Crippen LogP contribution < -0.4 is 0 Å². The third-order valence-electron chi connectivity index (χ3n) is 3.86. The van der Waals surface area contributed by atoms with E-state index in [1.54, 1.807) is 6.07 Å². The van der Waals surface area contributed by atoms with Crippen LogP contribution in [-0.4, -0.2) is 16.6 Å². The van der Waals surface area contributed by atoms with E-state index >= 15 is 0 Å². The highest BCUT2D eigenvalue weighted by atomic mass is 32.1. The van der Waals surface area contributed by atoms with Crippen LogP contribution in [0.3, 0.4) is 0 Å². The van der Waals surface area contributed by atoms with Crippen LogP contribution in [0.2, 0.25) is 0 Å². The molecular formula is C17H21NO3S. The van der Waals surface area contributed by atoms with Crippen molar-refractivity contribution in [2.45, 2.75) is 38.0 Å². The minimum Gasteiger partial charge on any atom is -0.396 e. The molecule has 0 unspecified atom stereocenters. The molecule has 0 bridgehead atoms. The van der Waals surface area contributed by atoms with Gasteiger partial charge in [-0.3, -0.25) is 10.1 Å². The van der Waals surface area contributed by atoms with E-state index in [2.05, 4.69) is 26.5 Å². The summed E-state index contributed by atoms with van der Waals surface area (Å²) in [7, 11) is 0. The maximum Gasteiger partial charge on any atom is 0.277 e. The van der Waals surface area contributed by atoms with Gasteiger partial charge in [-0.2, -0.15) is 0 Å². The minimum absolute atomic E-state index is 0.0333. The van der Waals surface area contributed by atoms with Crippen molar-refractivity contribution in [1.82, 2.24) is 0 Å². The fraction of sp³-hybridized carbons (Fsp3) is 0.412. The Kier molecular flexibility index (Phi) is 5.42. The number of hydrogen-bond acceptors (Lipinski definition) is 4. The maximum absolute atomic E-state index is 11.4. The van der Waals surface area contributed by atoms with E-state index in [-0.39, 0.29) is 17.2 Å². The second-order valence-electron chi connectivity index (χ2n) is 5.90. The van der Waals surface area contributed by atoms with Gasteiger partial charge in [0, 0.05) is 23.0 Å². The Balaban J connectivity index is 2.72. The number of aliphatic hydroxyl groups excluding tert-OH is 1. The average Bonchev–Trinajstić information content (AvgIpc) is 2.47. The SMILES string of the molecule is CC(C)CCc1ccc([N+](=O)[O-])c2c(CCO)ccc(S)c12. The molecule has 0 saturated carbocycles. The lowest BCUT2D eigenvalue weighted by molar-refractivity contribution is -0.383. The highest BCUT2D eigenvalue weighted by molar-refractivity contribution is 7.80. The lowest BCUT2D eigenvalue weighted by atomic mass is 9.93. The van der Waals surface area contributed by atoms with Gasteiger partial charge in [-0.25, -0.2) is 0 Å². The molecule has 0 aliphatic rings. The van der Waals surface area contributed by atoms with Crippen LogP contribution in [0.4, 0.5) is 5.69 Å². The number of aryl methyl sites for hydroxylation is 1. The quantitative estimate of drug-likeness (QED) is 0.477. The summed E-state index contributed by atoms with van der Waals surface area (Å²) in [5.74, 6) is 0.564. The second kappa shape index (κ2) is 7.11. The van der Waals surface area contributed by atoms with Crippen molar-refractivity contribution in [2.24, 2.45) is 5.92 Å². The molecule has 0 heterocycles. The molecule has 0 fully saturated rings. The monoisotopic (exact) mass is 319 g/mol. The van der Waals surface area contributed by atoms with E-state index in [1.807, 2.05) is 18.2 Å². The topological polar surface area (TPSA) is 63.4 Å². The first-order chi connectivity index (χ1) is 10.5. The van der Waals surface area contributed by atoms with Crippen molar-refractivity contribution in [1.29, 1.82) is 0 Å². The molecule has 0 aliphatic heterocycles. The van der Waals surface area contributed by atoms with E-state index < -0.39 is 0 Å². The van der Waals surface area contributed by atoms with Gasteiger partial charge in [0.15, 0.2) is 0 Å². The van der Waals surface area contributed by atoms with Gasteiger partial charge in [-0.05, 0) is 42.4 Å². The third-order valence-corrected chi connectivity index (χ3v) is 4.23. The number of hydrogen-bond donors (Lipinski definition) is 2. The molecule has 0 aromatic heterocycles.